The fourth-order valence-electron chi connectivity index (χ4n) is 3.11. The second-order valence-corrected chi connectivity index (χ2v) is 6.69. The zero-order chi connectivity index (χ0) is 16.9. The van der Waals surface area contributed by atoms with E-state index < -0.39 is 0 Å². The molecule has 1 N–H and O–H groups in total. The van der Waals surface area contributed by atoms with Gasteiger partial charge in [0.2, 0.25) is 5.91 Å². The van der Waals surface area contributed by atoms with Gasteiger partial charge in [0.25, 0.3) is 5.91 Å². The molecule has 0 bridgehead atoms. The summed E-state index contributed by atoms with van der Waals surface area (Å²) in [5.74, 6) is 1.25. The molecule has 24 heavy (non-hydrogen) atoms. The monoisotopic (exact) mass is 330 g/mol. The summed E-state index contributed by atoms with van der Waals surface area (Å²) in [4.78, 5) is 26.0. The van der Waals surface area contributed by atoms with Crippen LogP contribution in [0, 0.1) is 5.92 Å². The third kappa shape index (κ3) is 4.28. The van der Waals surface area contributed by atoms with Gasteiger partial charge in [0.05, 0.1) is 0 Å². The Balaban J connectivity index is 1.42. The smallest absolute Gasteiger partial charge is 0.260 e. The van der Waals surface area contributed by atoms with Crippen molar-refractivity contribution in [1.82, 2.24) is 10.2 Å². The number of amides is 2. The molecule has 0 radical (unpaired) electrons. The van der Waals surface area contributed by atoms with Crippen molar-refractivity contribution in [2.45, 2.75) is 45.1 Å². The number of carbonyl (C=O) groups excluding carboxylic acids is 2. The van der Waals surface area contributed by atoms with Crippen LogP contribution in [-0.2, 0) is 16.0 Å². The van der Waals surface area contributed by atoms with Gasteiger partial charge in [-0.05, 0) is 43.7 Å². The van der Waals surface area contributed by atoms with Gasteiger partial charge in [-0.1, -0.05) is 25.1 Å². The molecular weight excluding hydrogens is 304 g/mol. The molecule has 2 aliphatic rings. The average molecular weight is 330 g/mol. The Labute approximate surface area is 143 Å². The molecule has 1 heterocycles. The Kier molecular flexibility index (Phi) is 5.38. The molecule has 0 aromatic heterocycles. The van der Waals surface area contributed by atoms with E-state index in [2.05, 4.69) is 12.2 Å². The quantitative estimate of drug-likeness (QED) is 0.869. The van der Waals surface area contributed by atoms with E-state index in [4.69, 9.17) is 4.74 Å². The molecule has 1 aromatic rings. The van der Waals surface area contributed by atoms with E-state index in [1.54, 1.807) is 0 Å². The Morgan fingerprint density at radius 1 is 1.17 bits per heavy atom. The van der Waals surface area contributed by atoms with Crippen molar-refractivity contribution in [2.24, 2.45) is 5.92 Å². The van der Waals surface area contributed by atoms with Gasteiger partial charge in [-0.3, -0.25) is 9.59 Å². The topological polar surface area (TPSA) is 58.6 Å². The van der Waals surface area contributed by atoms with Crippen molar-refractivity contribution in [3.63, 3.8) is 0 Å². The number of hydrogen-bond donors (Lipinski definition) is 1. The molecule has 1 saturated heterocycles. The highest BCUT2D eigenvalue weighted by atomic mass is 16.5. The minimum absolute atomic E-state index is 0.0212. The average Bonchev–Trinajstić information content (AvgIpc) is 3.45. The van der Waals surface area contributed by atoms with E-state index in [9.17, 15) is 9.59 Å². The normalized spacial score (nSPS) is 18.3. The maximum absolute atomic E-state index is 12.3. The van der Waals surface area contributed by atoms with E-state index in [1.165, 1.54) is 0 Å². The van der Waals surface area contributed by atoms with Crippen LogP contribution in [-0.4, -0.2) is 42.5 Å². The van der Waals surface area contributed by atoms with Gasteiger partial charge >= 0.3 is 0 Å². The Morgan fingerprint density at radius 2 is 1.88 bits per heavy atom. The van der Waals surface area contributed by atoms with Gasteiger partial charge in [-0.2, -0.15) is 0 Å². The minimum Gasteiger partial charge on any atom is -0.483 e. The maximum atomic E-state index is 12.3. The number of ether oxygens (including phenoxy) is 1. The van der Waals surface area contributed by atoms with Gasteiger partial charge in [0, 0.05) is 25.0 Å². The second-order valence-electron chi connectivity index (χ2n) is 6.69. The number of likely N-dealkylation sites (tertiary alicyclic amines) is 1. The summed E-state index contributed by atoms with van der Waals surface area (Å²) >= 11 is 0. The highest BCUT2D eigenvalue weighted by Gasteiger charge is 2.32. The fraction of sp³-hybridized carbons (Fsp3) is 0.579. The molecule has 1 aromatic carbocycles. The first-order valence-corrected chi connectivity index (χ1v) is 8.96. The second kappa shape index (κ2) is 7.69. The molecule has 0 spiro atoms. The molecule has 0 atom stereocenters. The number of rotatable bonds is 6. The summed E-state index contributed by atoms with van der Waals surface area (Å²) in [6.45, 7) is 3.53. The molecule has 0 unspecified atom stereocenters. The highest BCUT2D eigenvalue weighted by Crippen LogP contribution is 2.29. The SMILES string of the molecule is CCc1ccccc1OCC(=O)N1CCC(NC(=O)C2CC2)CC1. The summed E-state index contributed by atoms with van der Waals surface area (Å²) in [5.41, 5.74) is 1.12. The molecule has 2 amide bonds. The van der Waals surface area contributed by atoms with Crippen LogP contribution in [0.1, 0.15) is 38.2 Å². The Hall–Kier alpha value is -2.04. The molecule has 130 valence electrons. The largest absolute Gasteiger partial charge is 0.483 e. The lowest BCUT2D eigenvalue weighted by Gasteiger charge is -2.32. The minimum atomic E-state index is 0.0212. The highest BCUT2D eigenvalue weighted by molar-refractivity contribution is 5.81. The number of hydrogen-bond acceptors (Lipinski definition) is 3. The molecule has 1 aliphatic heterocycles. The lowest BCUT2D eigenvalue weighted by molar-refractivity contribution is -0.134. The van der Waals surface area contributed by atoms with Crippen molar-refractivity contribution in [2.75, 3.05) is 19.7 Å². The van der Waals surface area contributed by atoms with Gasteiger partial charge in [-0.25, -0.2) is 0 Å². The number of nitrogens with zero attached hydrogens (tertiary/aromatic N) is 1. The van der Waals surface area contributed by atoms with E-state index in [-0.39, 0.29) is 30.4 Å². The third-order valence-corrected chi connectivity index (χ3v) is 4.85. The van der Waals surface area contributed by atoms with Crippen molar-refractivity contribution >= 4 is 11.8 Å². The summed E-state index contributed by atoms with van der Waals surface area (Å²) < 4.78 is 5.71. The zero-order valence-electron chi connectivity index (χ0n) is 14.3. The van der Waals surface area contributed by atoms with Crippen LogP contribution in [0.15, 0.2) is 24.3 Å². The van der Waals surface area contributed by atoms with Crippen LogP contribution in [0.2, 0.25) is 0 Å². The lowest BCUT2D eigenvalue weighted by Crippen LogP contribution is -2.48. The number of aryl methyl sites for hydroxylation is 1. The molecule has 1 saturated carbocycles. The fourth-order valence-corrected chi connectivity index (χ4v) is 3.11. The molecular formula is C19H26N2O3. The van der Waals surface area contributed by atoms with Gasteiger partial charge in [-0.15, -0.1) is 0 Å². The van der Waals surface area contributed by atoms with E-state index >= 15 is 0 Å². The van der Waals surface area contributed by atoms with E-state index in [1.807, 2.05) is 29.2 Å². The predicted octanol–water partition coefficient (Wildman–Crippen LogP) is 2.14. The number of para-hydroxylation sites is 1. The number of carbonyl (C=O) groups is 2. The molecule has 3 rings (SSSR count). The predicted molar refractivity (Wildman–Crippen MR) is 91.8 cm³/mol. The van der Waals surface area contributed by atoms with Crippen LogP contribution < -0.4 is 10.1 Å². The van der Waals surface area contributed by atoms with E-state index in [0.29, 0.717) is 13.1 Å². The van der Waals surface area contributed by atoms with Crippen molar-refractivity contribution in [3.8, 4) is 5.75 Å². The van der Waals surface area contributed by atoms with Gasteiger partial charge in [0.1, 0.15) is 5.75 Å². The summed E-state index contributed by atoms with van der Waals surface area (Å²) in [6, 6.07) is 8.05. The van der Waals surface area contributed by atoms with E-state index in [0.717, 1.165) is 43.4 Å². The molecule has 5 nitrogen and oxygen atoms in total. The van der Waals surface area contributed by atoms with Crippen molar-refractivity contribution in [3.05, 3.63) is 29.8 Å². The number of benzene rings is 1. The number of nitrogens with one attached hydrogen (secondary N) is 1. The lowest BCUT2D eigenvalue weighted by atomic mass is 10.0. The standard InChI is InChI=1S/C19H26N2O3/c1-2-14-5-3-4-6-17(14)24-13-18(22)21-11-9-16(10-12-21)20-19(23)15-7-8-15/h3-6,15-16H,2,7-13H2,1H3,(H,20,23). The zero-order valence-corrected chi connectivity index (χ0v) is 14.3. The molecule has 2 fully saturated rings. The third-order valence-electron chi connectivity index (χ3n) is 4.85. The maximum Gasteiger partial charge on any atom is 0.260 e. The van der Waals surface area contributed by atoms with Crippen LogP contribution in [0.5, 0.6) is 5.75 Å². The van der Waals surface area contributed by atoms with Crippen LogP contribution in [0.25, 0.3) is 0 Å². The van der Waals surface area contributed by atoms with Gasteiger partial charge < -0.3 is 15.0 Å². The van der Waals surface area contributed by atoms with Gasteiger partial charge in [0.15, 0.2) is 6.61 Å². The Bertz CT molecular complexity index is 590. The van der Waals surface area contributed by atoms with Crippen LogP contribution >= 0.6 is 0 Å². The molecule has 1 aliphatic carbocycles. The first-order chi connectivity index (χ1) is 11.7. The Morgan fingerprint density at radius 3 is 2.54 bits per heavy atom. The summed E-state index contributed by atoms with van der Waals surface area (Å²) in [6.07, 6.45) is 4.60. The molecule has 5 heteroatoms. The summed E-state index contributed by atoms with van der Waals surface area (Å²) in [5, 5.41) is 3.11. The van der Waals surface area contributed by atoms with Crippen molar-refractivity contribution < 1.29 is 14.3 Å². The van der Waals surface area contributed by atoms with Crippen LogP contribution in [0.4, 0.5) is 0 Å². The van der Waals surface area contributed by atoms with Crippen molar-refractivity contribution in [1.29, 1.82) is 0 Å². The summed E-state index contributed by atoms with van der Waals surface area (Å²) in [7, 11) is 0. The van der Waals surface area contributed by atoms with Crippen LogP contribution in [0.3, 0.4) is 0 Å². The number of piperidine rings is 1. The first-order valence-electron chi connectivity index (χ1n) is 8.96. The first kappa shape index (κ1) is 16.8.